The zero-order valence-electron chi connectivity index (χ0n) is 17.3. The zero-order chi connectivity index (χ0) is 20.8. The molecule has 0 amide bonds. The van der Waals surface area contributed by atoms with Gasteiger partial charge >= 0.3 is 12.3 Å². The van der Waals surface area contributed by atoms with Crippen LogP contribution in [0.15, 0.2) is 0 Å². The monoisotopic (exact) mass is 356 g/mol. The summed E-state index contributed by atoms with van der Waals surface area (Å²) in [6, 6.07) is 0. The van der Waals surface area contributed by atoms with Crippen LogP contribution in [0.1, 0.15) is 107 Å². The van der Waals surface area contributed by atoms with Gasteiger partial charge in [0.1, 0.15) is 0 Å². The number of unbranched alkanes of at least 4 members (excludes halogenated alkanes) is 4. The Balaban J connectivity index is -0.0000000405. The molecule has 4 N–H and O–H groups in total. The first-order valence-corrected chi connectivity index (χ1v) is 8.96. The maximum absolute atomic E-state index is 8.56. The van der Waals surface area contributed by atoms with Gasteiger partial charge in [-0.2, -0.15) is 0 Å². The molecule has 152 valence electrons. The summed E-state index contributed by atoms with van der Waals surface area (Å²) in [7, 11) is 0. The molecule has 0 aliphatic heterocycles. The molecule has 0 bridgehead atoms. The standard InChI is InChI=1S/4C4H10.2CH2O3/c4*1-3-4-2;2*2-1(3)4/h4*3-4H2,1-2H3;2*(H2,2,3,4). The lowest BCUT2D eigenvalue weighted by Gasteiger charge is -1.68. The zero-order valence-corrected chi connectivity index (χ0v) is 17.3. The Morgan fingerprint density at radius 2 is 0.458 bits per heavy atom. The highest BCUT2D eigenvalue weighted by atomic mass is 16.6. The lowest BCUT2D eigenvalue weighted by molar-refractivity contribution is 0.135. The molecule has 0 aliphatic carbocycles. The van der Waals surface area contributed by atoms with E-state index in [0.29, 0.717) is 0 Å². The quantitative estimate of drug-likeness (QED) is 0.410. The van der Waals surface area contributed by atoms with Crippen LogP contribution < -0.4 is 0 Å². The summed E-state index contributed by atoms with van der Waals surface area (Å²) in [6.07, 6.45) is 6.89. The summed E-state index contributed by atoms with van der Waals surface area (Å²) in [5.41, 5.74) is 0. The van der Waals surface area contributed by atoms with Crippen LogP contribution in [0.2, 0.25) is 0 Å². The van der Waals surface area contributed by atoms with Crippen molar-refractivity contribution in [2.45, 2.75) is 107 Å². The van der Waals surface area contributed by atoms with E-state index in [1.807, 2.05) is 0 Å². The van der Waals surface area contributed by atoms with E-state index in [9.17, 15) is 0 Å². The highest BCUT2D eigenvalue weighted by Gasteiger charge is 1.70. The first kappa shape index (κ1) is 38.2. The first-order valence-electron chi connectivity index (χ1n) is 8.96. The molecule has 0 aromatic heterocycles. The third-order valence-corrected chi connectivity index (χ3v) is 2.00. The highest BCUT2D eigenvalue weighted by molar-refractivity contribution is 5.53. The van der Waals surface area contributed by atoms with E-state index in [1.54, 1.807) is 0 Å². The minimum atomic E-state index is -1.83. The van der Waals surface area contributed by atoms with Crippen molar-refractivity contribution in [1.82, 2.24) is 0 Å². The predicted octanol–water partition coefficient (Wildman–Crippen LogP) is 7.67. The molecule has 0 radical (unpaired) electrons. The third-order valence-electron chi connectivity index (χ3n) is 2.00. The Bertz CT molecular complexity index is 140. The molecule has 0 saturated carbocycles. The Morgan fingerprint density at radius 1 is 0.417 bits per heavy atom. The SMILES string of the molecule is CCCC.CCCC.CCCC.CCCC.O=C(O)O.O=C(O)O. The summed E-state index contributed by atoms with van der Waals surface area (Å²) in [6.45, 7) is 17.4. The van der Waals surface area contributed by atoms with Crippen LogP contribution in [-0.2, 0) is 0 Å². The first-order chi connectivity index (χ1) is 11.1. The summed E-state index contributed by atoms with van der Waals surface area (Å²) in [5, 5.41) is 27.9. The van der Waals surface area contributed by atoms with Gasteiger partial charge in [-0.3, -0.25) is 0 Å². The lowest BCUT2D eigenvalue weighted by Crippen LogP contribution is -1.81. The molecule has 24 heavy (non-hydrogen) atoms. The number of rotatable bonds is 4. The van der Waals surface area contributed by atoms with Crippen LogP contribution in [0.3, 0.4) is 0 Å². The minimum Gasteiger partial charge on any atom is -0.450 e. The van der Waals surface area contributed by atoms with E-state index < -0.39 is 12.3 Å². The summed E-state index contributed by atoms with van der Waals surface area (Å²) >= 11 is 0. The lowest BCUT2D eigenvalue weighted by atomic mass is 10.4. The molecule has 0 aromatic carbocycles. The fourth-order valence-corrected chi connectivity index (χ4v) is 0. The number of carboxylic acid groups (broad SMARTS) is 4. The fourth-order valence-electron chi connectivity index (χ4n) is 0. The molecular formula is C18H44O6. The van der Waals surface area contributed by atoms with Crippen molar-refractivity contribution < 1.29 is 30.0 Å². The van der Waals surface area contributed by atoms with Crippen LogP contribution in [-0.4, -0.2) is 32.7 Å². The van der Waals surface area contributed by atoms with Crippen molar-refractivity contribution in [3.05, 3.63) is 0 Å². The molecule has 6 heteroatoms. The van der Waals surface area contributed by atoms with E-state index in [1.165, 1.54) is 51.4 Å². The largest absolute Gasteiger partial charge is 0.503 e. The van der Waals surface area contributed by atoms with E-state index in [0.717, 1.165) is 0 Å². The highest BCUT2D eigenvalue weighted by Crippen LogP contribution is 1.78. The average Bonchev–Trinajstić information content (AvgIpc) is 2.54. The third kappa shape index (κ3) is 1220. The van der Waals surface area contributed by atoms with Crippen LogP contribution in [0.25, 0.3) is 0 Å². The topological polar surface area (TPSA) is 115 Å². The average molecular weight is 357 g/mol. The molecule has 0 heterocycles. The van der Waals surface area contributed by atoms with E-state index in [-0.39, 0.29) is 0 Å². The summed E-state index contributed by atoms with van der Waals surface area (Å²) in [4.78, 5) is 17.1. The van der Waals surface area contributed by atoms with Crippen molar-refractivity contribution in [1.29, 1.82) is 0 Å². The second kappa shape index (κ2) is 57.8. The van der Waals surface area contributed by atoms with Crippen molar-refractivity contribution in [3.63, 3.8) is 0 Å². The van der Waals surface area contributed by atoms with E-state index >= 15 is 0 Å². The van der Waals surface area contributed by atoms with Gasteiger partial charge in [-0.15, -0.1) is 0 Å². The maximum atomic E-state index is 8.56. The van der Waals surface area contributed by atoms with Crippen LogP contribution >= 0.6 is 0 Å². The van der Waals surface area contributed by atoms with Gasteiger partial charge < -0.3 is 20.4 Å². The molecule has 0 aliphatic rings. The number of hydrogen-bond donors (Lipinski definition) is 4. The van der Waals surface area contributed by atoms with Crippen molar-refractivity contribution in [2.24, 2.45) is 0 Å². The smallest absolute Gasteiger partial charge is 0.450 e. The van der Waals surface area contributed by atoms with Crippen LogP contribution in [0.5, 0.6) is 0 Å². The van der Waals surface area contributed by atoms with Crippen LogP contribution in [0.4, 0.5) is 9.59 Å². The number of hydrogen-bond acceptors (Lipinski definition) is 2. The van der Waals surface area contributed by atoms with Gasteiger partial charge in [0.15, 0.2) is 0 Å². The molecule has 0 fully saturated rings. The molecule has 0 aromatic rings. The van der Waals surface area contributed by atoms with Gasteiger partial charge in [0.2, 0.25) is 0 Å². The molecule has 0 unspecified atom stereocenters. The van der Waals surface area contributed by atoms with Gasteiger partial charge in [0.25, 0.3) is 0 Å². The van der Waals surface area contributed by atoms with Gasteiger partial charge in [-0.1, -0.05) is 107 Å². The van der Waals surface area contributed by atoms with Gasteiger partial charge in [0.05, 0.1) is 0 Å². The van der Waals surface area contributed by atoms with Gasteiger partial charge in [0, 0.05) is 0 Å². The molecule has 0 spiro atoms. The Kier molecular flexibility index (Phi) is 92.0. The minimum absolute atomic E-state index is 1.32. The second-order valence-electron chi connectivity index (χ2n) is 4.57. The summed E-state index contributed by atoms with van der Waals surface area (Å²) < 4.78 is 0. The van der Waals surface area contributed by atoms with Crippen LogP contribution in [0, 0.1) is 0 Å². The second-order valence-corrected chi connectivity index (χ2v) is 4.57. The molecule has 0 atom stereocenters. The number of carbonyl (C=O) groups is 2. The molecule has 0 saturated heterocycles. The maximum Gasteiger partial charge on any atom is 0.503 e. The van der Waals surface area contributed by atoms with E-state index in [4.69, 9.17) is 30.0 Å². The Morgan fingerprint density at radius 3 is 0.458 bits per heavy atom. The Labute approximate surface area is 149 Å². The normalized spacial score (nSPS) is 7.00. The fraction of sp³-hybridized carbons (Fsp3) is 0.889. The van der Waals surface area contributed by atoms with Gasteiger partial charge in [-0.05, 0) is 0 Å². The van der Waals surface area contributed by atoms with Crippen molar-refractivity contribution in [2.75, 3.05) is 0 Å². The summed E-state index contributed by atoms with van der Waals surface area (Å²) in [5.74, 6) is 0. The predicted molar refractivity (Wildman–Crippen MR) is 104 cm³/mol. The molecule has 0 rings (SSSR count). The van der Waals surface area contributed by atoms with Crippen molar-refractivity contribution >= 4 is 12.3 Å². The molecular weight excluding hydrogens is 312 g/mol. The van der Waals surface area contributed by atoms with Gasteiger partial charge in [-0.25, -0.2) is 9.59 Å². The van der Waals surface area contributed by atoms with E-state index in [2.05, 4.69) is 55.4 Å². The Hall–Kier alpha value is -1.46. The van der Waals surface area contributed by atoms with Crippen molar-refractivity contribution in [3.8, 4) is 0 Å². The molecule has 6 nitrogen and oxygen atoms in total.